The molecule has 1 amide bonds. The Labute approximate surface area is 166 Å². The molecule has 3 aromatic carbocycles. The number of hydrogen-bond acceptors (Lipinski definition) is 2. The number of carbonyl (C=O) groups is 1. The highest BCUT2D eigenvalue weighted by Gasteiger charge is 2.10. The van der Waals surface area contributed by atoms with Gasteiger partial charge in [-0.05, 0) is 61.0 Å². The Morgan fingerprint density at radius 2 is 1.81 bits per heavy atom. The first-order valence-corrected chi connectivity index (χ1v) is 9.08. The van der Waals surface area contributed by atoms with Crippen LogP contribution in [0.5, 0.6) is 0 Å². The molecule has 0 atom stereocenters. The van der Waals surface area contributed by atoms with Crippen molar-refractivity contribution in [1.82, 2.24) is 9.97 Å². The minimum Gasteiger partial charge on any atom is -0.338 e. The van der Waals surface area contributed by atoms with E-state index in [2.05, 4.69) is 15.3 Å². The van der Waals surface area contributed by atoms with Gasteiger partial charge in [-0.2, -0.15) is 0 Å². The molecule has 0 aliphatic carbocycles. The number of H-pyrrole nitrogens is 1. The largest absolute Gasteiger partial charge is 0.338 e. The Morgan fingerprint density at radius 1 is 1.04 bits per heavy atom. The number of aryl methyl sites for hydroxylation is 1. The van der Waals surface area contributed by atoms with Gasteiger partial charge in [0.2, 0.25) is 0 Å². The molecule has 0 saturated carbocycles. The minimum atomic E-state index is -0.198. The maximum absolute atomic E-state index is 12.4. The average molecular weight is 396 g/mol. The average Bonchev–Trinajstić information content (AvgIpc) is 3.05. The van der Waals surface area contributed by atoms with Crippen LogP contribution in [-0.2, 0) is 0 Å². The molecule has 4 rings (SSSR count). The molecule has 0 aliphatic heterocycles. The number of benzene rings is 3. The van der Waals surface area contributed by atoms with E-state index in [0.29, 0.717) is 27.1 Å². The van der Waals surface area contributed by atoms with Gasteiger partial charge >= 0.3 is 0 Å². The maximum Gasteiger partial charge on any atom is 0.255 e. The maximum atomic E-state index is 12.4. The number of nitrogens with zero attached hydrogens (tertiary/aromatic N) is 1. The first-order valence-electron chi connectivity index (χ1n) is 8.33. The molecule has 4 nitrogen and oxygen atoms in total. The lowest BCUT2D eigenvalue weighted by Crippen LogP contribution is -2.11. The summed E-state index contributed by atoms with van der Waals surface area (Å²) in [6.07, 6.45) is 0. The van der Waals surface area contributed by atoms with Crippen LogP contribution in [0.1, 0.15) is 15.9 Å². The molecule has 27 heavy (non-hydrogen) atoms. The third kappa shape index (κ3) is 3.68. The SMILES string of the molecule is Cc1cc2[nH]c(-c3cccc(NC(=O)c4ccc(Cl)cc4)c3)nc2cc1Cl. The van der Waals surface area contributed by atoms with Gasteiger partial charge in [0.1, 0.15) is 5.82 Å². The van der Waals surface area contributed by atoms with Crippen molar-refractivity contribution in [3.63, 3.8) is 0 Å². The molecule has 1 heterocycles. The zero-order valence-electron chi connectivity index (χ0n) is 14.4. The summed E-state index contributed by atoms with van der Waals surface area (Å²) in [6.45, 7) is 1.95. The van der Waals surface area contributed by atoms with Crippen molar-refractivity contribution in [2.75, 3.05) is 5.32 Å². The van der Waals surface area contributed by atoms with E-state index in [1.807, 2.05) is 43.3 Å². The van der Waals surface area contributed by atoms with E-state index in [4.69, 9.17) is 23.2 Å². The number of fused-ring (bicyclic) bond motifs is 1. The van der Waals surface area contributed by atoms with Gasteiger partial charge in [0.05, 0.1) is 11.0 Å². The van der Waals surface area contributed by atoms with Crippen LogP contribution in [0.25, 0.3) is 22.4 Å². The van der Waals surface area contributed by atoms with Gasteiger partial charge in [-0.25, -0.2) is 4.98 Å². The summed E-state index contributed by atoms with van der Waals surface area (Å²) in [5.74, 6) is 0.519. The van der Waals surface area contributed by atoms with E-state index in [-0.39, 0.29) is 5.91 Å². The standard InChI is InChI=1S/C21H15Cl2N3O/c1-12-9-18-19(11-17(12)23)26-20(25-18)14-3-2-4-16(10-14)24-21(27)13-5-7-15(22)8-6-13/h2-11H,1H3,(H,24,27)(H,25,26). The zero-order chi connectivity index (χ0) is 19.0. The number of amides is 1. The van der Waals surface area contributed by atoms with E-state index in [1.54, 1.807) is 24.3 Å². The number of halogens is 2. The van der Waals surface area contributed by atoms with Crippen molar-refractivity contribution in [3.8, 4) is 11.4 Å². The van der Waals surface area contributed by atoms with Crippen molar-refractivity contribution < 1.29 is 4.79 Å². The first kappa shape index (κ1) is 17.6. The lowest BCUT2D eigenvalue weighted by molar-refractivity contribution is 0.102. The molecule has 4 aromatic rings. The van der Waals surface area contributed by atoms with Gasteiger partial charge in [0.15, 0.2) is 0 Å². The van der Waals surface area contributed by atoms with Gasteiger partial charge in [0.25, 0.3) is 5.91 Å². The summed E-state index contributed by atoms with van der Waals surface area (Å²) < 4.78 is 0. The van der Waals surface area contributed by atoms with E-state index < -0.39 is 0 Å². The minimum absolute atomic E-state index is 0.198. The summed E-state index contributed by atoms with van der Waals surface area (Å²) in [6, 6.07) is 18.1. The fourth-order valence-corrected chi connectivity index (χ4v) is 3.11. The van der Waals surface area contributed by atoms with Crippen molar-refractivity contribution in [3.05, 3.63) is 81.8 Å². The van der Waals surface area contributed by atoms with Crippen molar-refractivity contribution in [2.24, 2.45) is 0 Å². The summed E-state index contributed by atoms with van der Waals surface area (Å²) in [5, 5.41) is 4.17. The quantitative estimate of drug-likeness (QED) is 0.440. The van der Waals surface area contributed by atoms with Gasteiger partial charge in [-0.1, -0.05) is 35.3 Å². The van der Waals surface area contributed by atoms with Gasteiger partial charge < -0.3 is 10.3 Å². The molecule has 1 aromatic heterocycles. The second kappa shape index (κ2) is 7.06. The van der Waals surface area contributed by atoms with Crippen molar-refractivity contribution >= 4 is 45.8 Å². The molecule has 0 unspecified atom stereocenters. The van der Waals surface area contributed by atoms with Crippen LogP contribution in [0.2, 0.25) is 10.0 Å². The number of aromatic amines is 1. The third-order valence-electron chi connectivity index (χ3n) is 4.26. The van der Waals surface area contributed by atoms with Crippen LogP contribution in [0.15, 0.2) is 60.7 Å². The number of hydrogen-bond donors (Lipinski definition) is 2. The second-order valence-corrected chi connectivity index (χ2v) is 7.09. The van der Waals surface area contributed by atoms with Crippen molar-refractivity contribution in [2.45, 2.75) is 6.92 Å². The number of imidazole rings is 1. The van der Waals surface area contributed by atoms with Crippen LogP contribution < -0.4 is 5.32 Å². The molecule has 2 N–H and O–H groups in total. The summed E-state index contributed by atoms with van der Waals surface area (Å²) in [4.78, 5) is 20.3. The predicted octanol–water partition coefficient (Wildman–Crippen LogP) is 6.10. The molecule has 134 valence electrons. The Balaban J connectivity index is 1.62. The first-order chi connectivity index (χ1) is 13.0. The lowest BCUT2D eigenvalue weighted by Gasteiger charge is -2.07. The smallest absolute Gasteiger partial charge is 0.255 e. The molecule has 0 saturated heterocycles. The predicted molar refractivity (Wildman–Crippen MR) is 111 cm³/mol. The Kier molecular flexibility index (Phi) is 4.60. The molecule has 0 fully saturated rings. The number of nitrogens with one attached hydrogen (secondary N) is 2. The molecular weight excluding hydrogens is 381 g/mol. The van der Waals surface area contributed by atoms with Crippen LogP contribution >= 0.6 is 23.2 Å². The van der Waals surface area contributed by atoms with Gasteiger partial charge in [-0.3, -0.25) is 4.79 Å². The van der Waals surface area contributed by atoms with E-state index in [1.165, 1.54) is 0 Å². The lowest BCUT2D eigenvalue weighted by atomic mass is 10.1. The topological polar surface area (TPSA) is 57.8 Å². The van der Waals surface area contributed by atoms with E-state index >= 15 is 0 Å². The fourth-order valence-electron chi connectivity index (χ4n) is 2.83. The normalized spacial score (nSPS) is 10.9. The Morgan fingerprint density at radius 3 is 2.59 bits per heavy atom. The number of aromatic nitrogens is 2. The van der Waals surface area contributed by atoms with E-state index in [9.17, 15) is 4.79 Å². The monoisotopic (exact) mass is 395 g/mol. The summed E-state index contributed by atoms with van der Waals surface area (Å²) >= 11 is 12.1. The molecule has 0 spiro atoms. The van der Waals surface area contributed by atoms with Crippen molar-refractivity contribution in [1.29, 1.82) is 0 Å². The molecule has 0 radical (unpaired) electrons. The summed E-state index contributed by atoms with van der Waals surface area (Å²) in [7, 11) is 0. The number of carbonyl (C=O) groups excluding carboxylic acids is 1. The highest BCUT2D eigenvalue weighted by Crippen LogP contribution is 2.27. The summed E-state index contributed by atoms with van der Waals surface area (Å²) in [5.41, 5.74) is 4.80. The van der Waals surface area contributed by atoms with Crippen LogP contribution in [-0.4, -0.2) is 15.9 Å². The zero-order valence-corrected chi connectivity index (χ0v) is 15.9. The molecule has 0 bridgehead atoms. The third-order valence-corrected chi connectivity index (χ3v) is 4.92. The van der Waals surface area contributed by atoms with Gasteiger partial charge in [-0.15, -0.1) is 0 Å². The van der Waals surface area contributed by atoms with Crippen LogP contribution in [0.3, 0.4) is 0 Å². The Hall–Kier alpha value is -2.82. The highest BCUT2D eigenvalue weighted by molar-refractivity contribution is 6.32. The number of rotatable bonds is 3. The second-order valence-electron chi connectivity index (χ2n) is 6.25. The molecule has 0 aliphatic rings. The van der Waals surface area contributed by atoms with Crippen LogP contribution in [0.4, 0.5) is 5.69 Å². The fraction of sp³-hybridized carbons (Fsp3) is 0.0476. The number of anilines is 1. The van der Waals surface area contributed by atoms with Gasteiger partial charge in [0, 0.05) is 26.9 Å². The van der Waals surface area contributed by atoms with E-state index in [0.717, 1.165) is 22.2 Å². The highest BCUT2D eigenvalue weighted by atomic mass is 35.5. The Bertz CT molecular complexity index is 1110. The molecule has 6 heteroatoms. The molecular formula is C21H15Cl2N3O. The van der Waals surface area contributed by atoms with Crippen LogP contribution in [0, 0.1) is 6.92 Å².